The zero-order valence-electron chi connectivity index (χ0n) is 15.8. The van der Waals surface area contributed by atoms with Crippen molar-refractivity contribution in [1.29, 1.82) is 0 Å². The Bertz CT molecular complexity index is 892. The molecule has 3 atom stereocenters. The summed E-state index contributed by atoms with van der Waals surface area (Å²) in [5.74, 6) is 0.580. The van der Waals surface area contributed by atoms with E-state index in [-0.39, 0.29) is 17.5 Å². The van der Waals surface area contributed by atoms with Gasteiger partial charge >= 0.3 is 0 Å². The Balaban J connectivity index is 1.61. The molecule has 4 heterocycles. The Labute approximate surface area is 158 Å². The van der Waals surface area contributed by atoms with Crippen molar-refractivity contribution in [2.45, 2.75) is 38.8 Å². The van der Waals surface area contributed by atoms with Gasteiger partial charge in [0.15, 0.2) is 0 Å². The number of hydrogen-bond donors (Lipinski definition) is 1. The summed E-state index contributed by atoms with van der Waals surface area (Å²) in [7, 11) is 0. The Morgan fingerprint density at radius 2 is 2.11 bits per heavy atom. The number of likely N-dealkylation sites (tertiary alicyclic amines) is 1. The molecule has 1 amide bonds. The molecule has 2 aliphatic rings. The average molecular weight is 367 g/mol. The molecule has 0 spiro atoms. The van der Waals surface area contributed by atoms with Gasteiger partial charge in [-0.3, -0.25) is 24.5 Å². The predicted octanol–water partition coefficient (Wildman–Crippen LogP) is 1.24. The summed E-state index contributed by atoms with van der Waals surface area (Å²) >= 11 is 0. The molecule has 0 unspecified atom stereocenters. The lowest BCUT2D eigenvalue weighted by atomic mass is 9.78. The molecule has 27 heavy (non-hydrogen) atoms. The van der Waals surface area contributed by atoms with Gasteiger partial charge in [-0.05, 0) is 25.3 Å². The Kier molecular flexibility index (Phi) is 4.78. The van der Waals surface area contributed by atoms with Crippen LogP contribution in [0.25, 0.3) is 0 Å². The van der Waals surface area contributed by atoms with E-state index < -0.39 is 0 Å². The number of rotatable bonds is 4. The molecular formula is C20H25N5O2. The van der Waals surface area contributed by atoms with E-state index in [0.717, 1.165) is 43.1 Å². The van der Waals surface area contributed by atoms with Crippen molar-refractivity contribution in [3.05, 3.63) is 58.0 Å². The number of carbonyl (C=O) groups excluding carboxylic acids is 1. The van der Waals surface area contributed by atoms with Crippen LogP contribution in [-0.4, -0.2) is 45.0 Å². The predicted molar refractivity (Wildman–Crippen MR) is 101 cm³/mol. The highest BCUT2D eigenvalue weighted by atomic mass is 16.1. The molecule has 2 aliphatic heterocycles. The standard InChI is InChI=1S/C20H25N5O2/c1-13-7-23-17(8-21-13)12-24-10-15-6-16(11-24)19(9-22-14(2)26)25-18(15)4-3-5-20(25)27/h3-5,7-8,15-16,19H,6,9-12H2,1-2H3,(H,22,26)/t15-,16+,19+/m1/s1. The van der Waals surface area contributed by atoms with Crippen molar-refractivity contribution in [3.63, 3.8) is 0 Å². The van der Waals surface area contributed by atoms with Crippen LogP contribution in [0.1, 0.15) is 42.4 Å². The summed E-state index contributed by atoms with van der Waals surface area (Å²) in [6.45, 7) is 6.48. The number of amides is 1. The van der Waals surface area contributed by atoms with Crippen molar-refractivity contribution in [1.82, 2.24) is 24.8 Å². The molecule has 0 radical (unpaired) electrons. The maximum atomic E-state index is 12.6. The maximum absolute atomic E-state index is 12.6. The van der Waals surface area contributed by atoms with Gasteiger partial charge in [-0.15, -0.1) is 0 Å². The van der Waals surface area contributed by atoms with E-state index in [9.17, 15) is 9.59 Å². The van der Waals surface area contributed by atoms with Crippen LogP contribution >= 0.6 is 0 Å². The highest BCUT2D eigenvalue weighted by Gasteiger charge is 2.40. The van der Waals surface area contributed by atoms with Crippen molar-refractivity contribution in [2.75, 3.05) is 19.6 Å². The zero-order chi connectivity index (χ0) is 19.0. The second kappa shape index (κ2) is 7.23. The third kappa shape index (κ3) is 3.64. The molecule has 142 valence electrons. The second-order valence-electron chi connectivity index (χ2n) is 7.70. The highest BCUT2D eigenvalue weighted by molar-refractivity contribution is 5.72. The Hall–Kier alpha value is -2.54. The molecule has 1 fully saturated rings. The quantitative estimate of drug-likeness (QED) is 0.880. The fourth-order valence-electron chi connectivity index (χ4n) is 4.51. The fourth-order valence-corrected chi connectivity index (χ4v) is 4.51. The lowest BCUT2D eigenvalue weighted by Gasteiger charge is -2.47. The minimum absolute atomic E-state index is 0.0132. The summed E-state index contributed by atoms with van der Waals surface area (Å²) in [6, 6.07) is 5.50. The summed E-state index contributed by atoms with van der Waals surface area (Å²) in [6.07, 6.45) is 4.69. The number of nitrogens with one attached hydrogen (secondary N) is 1. The van der Waals surface area contributed by atoms with E-state index in [2.05, 4.69) is 26.3 Å². The van der Waals surface area contributed by atoms with Crippen LogP contribution in [0.15, 0.2) is 35.4 Å². The third-order valence-corrected chi connectivity index (χ3v) is 5.65. The van der Waals surface area contributed by atoms with Crippen LogP contribution in [0, 0.1) is 12.8 Å². The number of nitrogens with zero attached hydrogens (tertiary/aromatic N) is 4. The molecule has 7 nitrogen and oxygen atoms in total. The van der Waals surface area contributed by atoms with Gasteiger partial charge in [-0.2, -0.15) is 0 Å². The van der Waals surface area contributed by atoms with E-state index in [1.165, 1.54) is 6.92 Å². The van der Waals surface area contributed by atoms with Crippen LogP contribution in [0.4, 0.5) is 0 Å². The maximum Gasteiger partial charge on any atom is 0.251 e. The van der Waals surface area contributed by atoms with Gasteiger partial charge in [-0.25, -0.2) is 0 Å². The van der Waals surface area contributed by atoms with Gasteiger partial charge in [-0.1, -0.05) is 6.07 Å². The monoisotopic (exact) mass is 367 g/mol. The SMILES string of the molecule is CC(=O)NC[C@H]1[C@H]2C[C@H](CN(Cc3cnc(C)cn3)C2)c2cccc(=O)n21. The fraction of sp³-hybridized carbons (Fsp3) is 0.500. The van der Waals surface area contributed by atoms with Gasteiger partial charge in [0, 0.05) is 63.2 Å². The first-order valence-corrected chi connectivity index (χ1v) is 9.47. The number of aryl methyl sites for hydroxylation is 1. The molecular weight excluding hydrogens is 342 g/mol. The number of pyridine rings is 1. The van der Waals surface area contributed by atoms with Gasteiger partial charge in [0.2, 0.25) is 5.91 Å². The van der Waals surface area contributed by atoms with Gasteiger partial charge in [0.25, 0.3) is 5.56 Å². The average Bonchev–Trinajstić information content (AvgIpc) is 2.64. The highest BCUT2D eigenvalue weighted by Crippen LogP contribution is 2.41. The topological polar surface area (TPSA) is 80.1 Å². The molecule has 0 aliphatic carbocycles. The number of piperidine rings is 1. The third-order valence-electron chi connectivity index (χ3n) is 5.65. The number of fused-ring (bicyclic) bond motifs is 4. The molecule has 2 bridgehead atoms. The molecule has 2 aromatic rings. The van der Waals surface area contributed by atoms with Crippen LogP contribution < -0.4 is 10.9 Å². The number of carbonyl (C=O) groups is 1. The molecule has 7 heteroatoms. The second-order valence-corrected chi connectivity index (χ2v) is 7.70. The van der Waals surface area contributed by atoms with E-state index >= 15 is 0 Å². The first-order valence-electron chi connectivity index (χ1n) is 9.47. The summed E-state index contributed by atoms with van der Waals surface area (Å²) < 4.78 is 1.91. The lowest BCUT2D eigenvalue weighted by Crippen LogP contribution is -2.51. The Morgan fingerprint density at radius 1 is 1.26 bits per heavy atom. The lowest BCUT2D eigenvalue weighted by molar-refractivity contribution is -0.119. The summed E-state index contributed by atoms with van der Waals surface area (Å²) in [5, 5.41) is 2.92. The number of hydrogen-bond acceptors (Lipinski definition) is 5. The molecule has 1 saturated heterocycles. The van der Waals surface area contributed by atoms with E-state index in [4.69, 9.17) is 0 Å². The molecule has 2 aromatic heterocycles. The van der Waals surface area contributed by atoms with Crippen molar-refractivity contribution in [2.24, 2.45) is 5.92 Å². The largest absolute Gasteiger partial charge is 0.354 e. The zero-order valence-corrected chi connectivity index (χ0v) is 15.8. The minimum Gasteiger partial charge on any atom is -0.354 e. The van der Waals surface area contributed by atoms with Crippen molar-refractivity contribution >= 4 is 5.91 Å². The van der Waals surface area contributed by atoms with Crippen LogP contribution in [0.2, 0.25) is 0 Å². The van der Waals surface area contributed by atoms with E-state index in [1.807, 2.05) is 23.8 Å². The van der Waals surface area contributed by atoms with E-state index in [0.29, 0.717) is 18.4 Å². The number of aromatic nitrogens is 3. The molecule has 4 rings (SSSR count). The Morgan fingerprint density at radius 3 is 2.85 bits per heavy atom. The van der Waals surface area contributed by atoms with Crippen molar-refractivity contribution < 1.29 is 4.79 Å². The van der Waals surface area contributed by atoms with Gasteiger partial charge in [0.1, 0.15) is 0 Å². The first-order chi connectivity index (χ1) is 13.0. The molecule has 1 N–H and O–H groups in total. The van der Waals surface area contributed by atoms with E-state index in [1.54, 1.807) is 12.3 Å². The summed E-state index contributed by atoms with van der Waals surface area (Å²) in [4.78, 5) is 35.3. The minimum atomic E-state index is -0.0646. The smallest absolute Gasteiger partial charge is 0.251 e. The normalized spacial score (nSPS) is 24.3. The summed E-state index contributed by atoms with van der Waals surface area (Å²) in [5.41, 5.74) is 2.98. The van der Waals surface area contributed by atoms with Crippen LogP contribution in [0.5, 0.6) is 0 Å². The van der Waals surface area contributed by atoms with Gasteiger partial charge in [0.05, 0.1) is 17.4 Å². The molecule has 0 aromatic carbocycles. The first kappa shape index (κ1) is 17.9. The van der Waals surface area contributed by atoms with Crippen LogP contribution in [0.3, 0.4) is 0 Å². The van der Waals surface area contributed by atoms with Crippen LogP contribution in [-0.2, 0) is 11.3 Å². The molecule has 0 saturated carbocycles. The van der Waals surface area contributed by atoms with Gasteiger partial charge < -0.3 is 9.88 Å². The van der Waals surface area contributed by atoms with Crippen molar-refractivity contribution in [3.8, 4) is 0 Å².